The number of anilines is 1. The Labute approximate surface area is 130 Å². The molecule has 0 fully saturated rings. The van der Waals surface area contributed by atoms with Crippen LogP contribution in [0.2, 0.25) is 5.02 Å². The number of hydrogen-bond acceptors (Lipinski definition) is 2. The van der Waals surface area contributed by atoms with E-state index >= 15 is 0 Å². The monoisotopic (exact) mass is 362 g/mol. The molecule has 2 amide bonds. The molecule has 3 N–H and O–H groups in total. The molecule has 0 spiro atoms. The second-order valence-electron chi connectivity index (χ2n) is 4.74. The number of carboxylic acid groups (broad SMARTS) is 1. The molecule has 1 atom stereocenters. The maximum absolute atomic E-state index is 11.8. The Morgan fingerprint density at radius 1 is 1.40 bits per heavy atom. The number of amides is 2. The largest absolute Gasteiger partial charge is 0.480 e. The van der Waals surface area contributed by atoms with Gasteiger partial charge in [-0.2, -0.15) is 0 Å². The number of halogens is 2. The quantitative estimate of drug-likeness (QED) is 0.746. The van der Waals surface area contributed by atoms with Crippen molar-refractivity contribution in [1.82, 2.24) is 5.32 Å². The minimum absolute atomic E-state index is 0.165. The number of nitrogens with one attached hydrogen (secondary N) is 2. The lowest BCUT2D eigenvalue weighted by Crippen LogP contribution is -2.43. The highest BCUT2D eigenvalue weighted by atomic mass is 79.9. The van der Waals surface area contributed by atoms with Gasteiger partial charge in [0.1, 0.15) is 6.04 Å². The Kier molecular flexibility index (Phi) is 6.29. The van der Waals surface area contributed by atoms with Crippen molar-refractivity contribution in [2.45, 2.75) is 26.3 Å². The van der Waals surface area contributed by atoms with Crippen molar-refractivity contribution < 1.29 is 14.7 Å². The summed E-state index contributed by atoms with van der Waals surface area (Å²) in [5.41, 5.74) is 0.514. The molecule has 0 radical (unpaired) electrons. The standard InChI is InChI=1S/C13H16BrClN2O3/c1-7(2)5-11(12(18)19)17-13(20)16-10-4-3-8(15)6-9(10)14/h3-4,6-7,11H,5H2,1-2H3,(H,18,19)(H2,16,17,20)/t11-/m0/s1. The highest BCUT2D eigenvalue weighted by Gasteiger charge is 2.21. The van der Waals surface area contributed by atoms with Crippen LogP contribution in [0.4, 0.5) is 10.5 Å². The van der Waals surface area contributed by atoms with Crippen molar-refractivity contribution in [2.75, 3.05) is 5.32 Å². The number of hydrogen-bond donors (Lipinski definition) is 3. The zero-order chi connectivity index (χ0) is 15.3. The first-order valence-corrected chi connectivity index (χ1v) is 7.22. The van der Waals surface area contributed by atoms with E-state index in [1.807, 2.05) is 13.8 Å². The second kappa shape index (κ2) is 7.50. The number of aliphatic carboxylic acids is 1. The average molecular weight is 364 g/mol. The summed E-state index contributed by atoms with van der Waals surface area (Å²) in [6.07, 6.45) is 0.366. The van der Waals surface area contributed by atoms with E-state index < -0.39 is 18.0 Å². The van der Waals surface area contributed by atoms with Gasteiger partial charge in [0, 0.05) is 9.50 Å². The fourth-order valence-corrected chi connectivity index (χ4v) is 2.38. The summed E-state index contributed by atoms with van der Waals surface area (Å²) in [4.78, 5) is 22.9. The predicted molar refractivity (Wildman–Crippen MR) is 82.2 cm³/mol. The van der Waals surface area contributed by atoms with Crippen LogP contribution in [0, 0.1) is 5.92 Å². The van der Waals surface area contributed by atoms with E-state index in [0.717, 1.165) is 0 Å². The third kappa shape index (κ3) is 5.38. The summed E-state index contributed by atoms with van der Waals surface area (Å²) >= 11 is 9.07. The van der Waals surface area contributed by atoms with Crippen LogP contribution >= 0.6 is 27.5 Å². The number of benzene rings is 1. The van der Waals surface area contributed by atoms with Crippen molar-refractivity contribution in [3.05, 3.63) is 27.7 Å². The Balaban J connectivity index is 2.68. The van der Waals surface area contributed by atoms with E-state index in [4.69, 9.17) is 16.7 Å². The lowest BCUT2D eigenvalue weighted by molar-refractivity contribution is -0.139. The molecule has 110 valence electrons. The lowest BCUT2D eigenvalue weighted by atomic mass is 10.0. The molecule has 0 aromatic heterocycles. The van der Waals surface area contributed by atoms with E-state index in [1.54, 1.807) is 18.2 Å². The number of rotatable bonds is 5. The number of carboxylic acids is 1. The Morgan fingerprint density at radius 3 is 2.55 bits per heavy atom. The second-order valence-corrected chi connectivity index (χ2v) is 6.03. The van der Waals surface area contributed by atoms with Gasteiger partial charge < -0.3 is 15.7 Å². The molecule has 5 nitrogen and oxygen atoms in total. The lowest BCUT2D eigenvalue weighted by Gasteiger charge is -2.17. The van der Waals surface area contributed by atoms with Crippen molar-refractivity contribution in [1.29, 1.82) is 0 Å². The fourth-order valence-electron chi connectivity index (χ4n) is 1.60. The van der Waals surface area contributed by atoms with E-state index in [-0.39, 0.29) is 5.92 Å². The zero-order valence-electron chi connectivity index (χ0n) is 11.1. The molecule has 0 unspecified atom stereocenters. The molecule has 0 aliphatic rings. The van der Waals surface area contributed by atoms with Crippen LogP contribution in [0.25, 0.3) is 0 Å². The van der Waals surface area contributed by atoms with E-state index in [0.29, 0.717) is 21.6 Å². The third-order valence-corrected chi connectivity index (χ3v) is 3.38. The smallest absolute Gasteiger partial charge is 0.326 e. The summed E-state index contributed by atoms with van der Waals surface area (Å²) in [6, 6.07) is 3.41. The molecule has 0 heterocycles. The van der Waals surface area contributed by atoms with Gasteiger partial charge in [0.25, 0.3) is 0 Å². The minimum atomic E-state index is -1.05. The van der Waals surface area contributed by atoms with Crippen LogP contribution in [0.1, 0.15) is 20.3 Å². The van der Waals surface area contributed by atoms with E-state index in [1.165, 1.54) is 0 Å². The summed E-state index contributed by atoms with van der Waals surface area (Å²) in [7, 11) is 0. The minimum Gasteiger partial charge on any atom is -0.480 e. The molecule has 20 heavy (non-hydrogen) atoms. The van der Waals surface area contributed by atoms with Gasteiger partial charge in [0.15, 0.2) is 0 Å². The number of carbonyl (C=O) groups excluding carboxylic acids is 1. The topological polar surface area (TPSA) is 78.4 Å². The predicted octanol–water partition coefficient (Wildman–Crippen LogP) is 3.72. The van der Waals surface area contributed by atoms with Gasteiger partial charge in [-0.05, 0) is 46.5 Å². The van der Waals surface area contributed by atoms with Gasteiger partial charge in [-0.15, -0.1) is 0 Å². The summed E-state index contributed by atoms with van der Waals surface area (Å²) < 4.78 is 0.621. The SMILES string of the molecule is CC(C)C[C@H](NC(=O)Nc1ccc(Cl)cc1Br)C(=O)O. The highest BCUT2D eigenvalue weighted by molar-refractivity contribution is 9.10. The molecule has 0 saturated heterocycles. The summed E-state index contributed by atoms with van der Waals surface area (Å²) in [5, 5.41) is 14.6. The first kappa shape index (κ1) is 16.8. The molecule has 1 rings (SSSR count). The molecular formula is C13H16BrClN2O3. The van der Waals surface area contributed by atoms with Crippen LogP contribution < -0.4 is 10.6 Å². The first-order chi connectivity index (χ1) is 9.29. The van der Waals surface area contributed by atoms with Gasteiger partial charge in [-0.25, -0.2) is 9.59 Å². The number of urea groups is 1. The fraction of sp³-hybridized carbons (Fsp3) is 0.385. The molecule has 7 heteroatoms. The van der Waals surface area contributed by atoms with Gasteiger partial charge in [0.05, 0.1) is 5.69 Å². The Bertz CT molecular complexity index is 508. The maximum Gasteiger partial charge on any atom is 0.326 e. The summed E-state index contributed by atoms with van der Waals surface area (Å²) in [6.45, 7) is 3.79. The van der Waals surface area contributed by atoms with Crippen LogP contribution in [-0.4, -0.2) is 23.1 Å². The molecule has 1 aromatic carbocycles. The van der Waals surface area contributed by atoms with Crippen LogP contribution in [-0.2, 0) is 4.79 Å². The number of carbonyl (C=O) groups is 2. The zero-order valence-corrected chi connectivity index (χ0v) is 13.5. The summed E-state index contributed by atoms with van der Waals surface area (Å²) in [5.74, 6) is -0.886. The van der Waals surface area contributed by atoms with Crippen molar-refractivity contribution in [3.8, 4) is 0 Å². The molecule has 0 aliphatic carbocycles. The Hall–Kier alpha value is -1.27. The molecular weight excluding hydrogens is 348 g/mol. The van der Waals surface area contributed by atoms with E-state index in [2.05, 4.69) is 26.6 Å². The molecule has 0 saturated carbocycles. The molecule has 1 aromatic rings. The van der Waals surface area contributed by atoms with Crippen LogP contribution in [0.3, 0.4) is 0 Å². The van der Waals surface area contributed by atoms with Crippen LogP contribution in [0.5, 0.6) is 0 Å². The average Bonchev–Trinajstić information content (AvgIpc) is 2.31. The Morgan fingerprint density at radius 2 is 2.05 bits per heavy atom. The first-order valence-electron chi connectivity index (χ1n) is 6.05. The highest BCUT2D eigenvalue weighted by Crippen LogP contribution is 2.25. The van der Waals surface area contributed by atoms with Gasteiger partial charge in [-0.1, -0.05) is 25.4 Å². The molecule has 0 bridgehead atoms. The van der Waals surface area contributed by atoms with Gasteiger partial charge >= 0.3 is 12.0 Å². The van der Waals surface area contributed by atoms with Gasteiger partial charge in [0.2, 0.25) is 0 Å². The van der Waals surface area contributed by atoms with Crippen molar-refractivity contribution in [2.24, 2.45) is 5.92 Å². The van der Waals surface area contributed by atoms with Crippen molar-refractivity contribution >= 4 is 45.2 Å². The van der Waals surface area contributed by atoms with E-state index in [9.17, 15) is 9.59 Å². The normalized spacial score (nSPS) is 12.1. The molecule has 0 aliphatic heterocycles. The van der Waals surface area contributed by atoms with Crippen LogP contribution in [0.15, 0.2) is 22.7 Å². The maximum atomic E-state index is 11.8. The third-order valence-electron chi connectivity index (χ3n) is 2.49. The van der Waals surface area contributed by atoms with Gasteiger partial charge in [-0.3, -0.25) is 0 Å². The van der Waals surface area contributed by atoms with Crippen molar-refractivity contribution in [3.63, 3.8) is 0 Å².